The molecule has 3 aromatic rings. The molecule has 0 bridgehead atoms. The molecule has 4 heteroatoms. The van der Waals surface area contributed by atoms with Crippen molar-refractivity contribution in [3.05, 3.63) is 71.8 Å². The van der Waals surface area contributed by atoms with Crippen LogP contribution in [-0.4, -0.2) is 16.9 Å². The van der Waals surface area contributed by atoms with Crippen LogP contribution in [0.3, 0.4) is 0 Å². The first kappa shape index (κ1) is 14.3. The highest BCUT2D eigenvalue weighted by Gasteiger charge is 2.06. The molecule has 2 aromatic carbocycles. The highest BCUT2D eigenvalue weighted by Crippen LogP contribution is 2.23. The maximum atomic E-state index is 13.2. The number of nitrogens with zero attached hydrogens (tertiary/aromatic N) is 2. The summed E-state index contributed by atoms with van der Waals surface area (Å²) < 4.78 is 20.2. The first-order chi connectivity index (χ1) is 10.7. The van der Waals surface area contributed by atoms with Gasteiger partial charge in [-0.15, -0.1) is 0 Å². The lowest BCUT2D eigenvalue weighted by Crippen LogP contribution is -1.99. The number of aromatic nitrogens is 2. The molecule has 0 unspecified atom stereocenters. The molecule has 112 valence electrons. The minimum atomic E-state index is -0.216. The summed E-state index contributed by atoms with van der Waals surface area (Å²) in [6.45, 7) is 2.59. The molecule has 22 heavy (non-hydrogen) atoms. The Morgan fingerprint density at radius 2 is 1.91 bits per heavy atom. The summed E-state index contributed by atoms with van der Waals surface area (Å²) in [5.41, 5.74) is 4.05. The van der Waals surface area contributed by atoms with Gasteiger partial charge in [0.2, 0.25) is 0 Å². The summed E-state index contributed by atoms with van der Waals surface area (Å²) in [7, 11) is 1.65. The van der Waals surface area contributed by atoms with Crippen LogP contribution < -0.4 is 4.74 Å². The molecule has 0 spiro atoms. The Labute approximate surface area is 129 Å². The number of halogens is 1. The van der Waals surface area contributed by atoms with E-state index in [9.17, 15) is 4.39 Å². The molecule has 0 fully saturated rings. The van der Waals surface area contributed by atoms with Crippen LogP contribution in [0.2, 0.25) is 0 Å². The van der Waals surface area contributed by atoms with Crippen molar-refractivity contribution >= 4 is 0 Å². The molecule has 1 heterocycles. The Kier molecular flexibility index (Phi) is 3.92. The fourth-order valence-electron chi connectivity index (χ4n) is 2.46. The third-order valence-electron chi connectivity index (χ3n) is 3.64. The molecule has 0 N–H and O–H groups in total. The quantitative estimate of drug-likeness (QED) is 0.726. The molecule has 0 aliphatic carbocycles. The zero-order chi connectivity index (χ0) is 15.5. The van der Waals surface area contributed by atoms with Crippen LogP contribution in [-0.2, 0) is 6.54 Å². The molecule has 3 rings (SSSR count). The lowest BCUT2D eigenvalue weighted by molar-refractivity contribution is 0.414. The summed E-state index contributed by atoms with van der Waals surface area (Å²) in [6, 6.07) is 12.7. The Bertz CT molecular complexity index is 778. The van der Waals surface area contributed by atoms with E-state index in [1.807, 2.05) is 48.3 Å². The van der Waals surface area contributed by atoms with Gasteiger partial charge in [-0.1, -0.05) is 18.2 Å². The van der Waals surface area contributed by atoms with E-state index >= 15 is 0 Å². The molecule has 1 aromatic heterocycles. The smallest absolute Gasteiger partial charge is 0.123 e. The summed E-state index contributed by atoms with van der Waals surface area (Å²) in [5, 5.41) is 4.39. The Morgan fingerprint density at radius 3 is 2.59 bits per heavy atom. The minimum Gasteiger partial charge on any atom is -0.497 e. The van der Waals surface area contributed by atoms with Crippen LogP contribution in [0.4, 0.5) is 4.39 Å². The van der Waals surface area contributed by atoms with Gasteiger partial charge in [-0.2, -0.15) is 5.10 Å². The largest absolute Gasteiger partial charge is 0.497 e. The predicted molar refractivity (Wildman–Crippen MR) is 84.5 cm³/mol. The van der Waals surface area contributed by atoms with Crippen molar-refractivity contribution in [2.75, 3.05) is 7.11 Å². The Balaban J connectivity index is 1.81. The van der Waals surface area contributed by atoms with Crippen LogP contribution in [0.5, 0.6) is 5.75 Å². The zero-order valence-corrected chi connectivity index (χ0v) is 12.6. The monoisotopic (exact) mass is 296 g/mol. The van der Waals surface area contributed by atoms with Crippen LogP contribution in [0.1, 0.15) is 11.1 Å². The molecular weight excluding hydrogens is 279 g/mol. The van der Waals surface area contributed by atoms with Gasteiger partial charge >= 0.3 is 0 Å². The second-order valence-corrected chi connectivity index (χ2v) is 5.23. The molecule has 0 saturated carbocycles. The van der Waals surface area contributed by atoms with E-state index < -0.39 is 0 Å². The van der Waals surface area contributed by atoms with E-state index in [1.165, 1.54) is 12.1 Å². The number of hydrogen-bond donors (Lipinski definition) is 0. The van der Waals surface area contributed by atoms with Gasteiger partial charge in [-0.25, -0.2) is 4.39 Å². The summed E-state index contributed by atoms with van der Waals surface area (Å²) in [5.74, 6) is 0.624. The second kappa shape index (κ2) is 6.02. The van der Waals surface area contributed by atoms with Crippen molar-refractivity contribution in [1.82, 2.24) is 9.78 Å². The molecule has 0 aliphatic rings. The first-order valence-corrected chi connectivity index (χ1v) is 7.07. The van der Waals surface area contributed by atoms with Crippen molar-refractivity contribution in [2.45, 2.75) is 13.5 Å². The highest BCUT2D eigenvalue weighted by atomic mass is 19.1. The van der Waals surface area contributed by atoms with Crippen molar-refractivity contribution in [1.29, 1.82) is 0 Å². The average Bonchev–Trinajstić information content (AvgIpc) is 2.96. The van der Waals surface area contributed by atoms with Crippen molar-refractivity contribution < 1.29 is 9.13 Å². The van der Waals surface area contributed by atoms with E-state index in [1.54, 1.807) is 13.2 Å². The molecule has 0 saturated heterocycles. The summed E-state index contributed by atoms with van der Waals surface area (Å²) >= 11 is 0. The number of benzene rings is 2. The van der Waals surface area contributed by atoms with Gasteiger partial charge in [-0.3, -0.25) is 4.68 Å². The molecule has 0 radical (unpaired) electrons. The predicted octanol–water partition coefficient (Wildman–Crippen LogP) is 4.05. The van der Waals surface area contributed by atoms with Crippen molar-refractivity contribution in [3.8, 4) is 16.9 Å². The van der Waals surface area contributed by atoms with Gasteiger partial charge in [0.05, 0.1) is 19.9 Å². The van der Waals surface area contributed by atoms with E-state index in [0.717, 1.165) is 28.0 Å². The topological polar surface area (TPSA) is 27.1 Å². The maximum Gasteiger partial charge on any atom is 0.123 e. The number of rotatable bonds is 4. The normalized spacial score (nSPS) is 10.7. The SMILES string of the molecule is COc1ccc(Cn2cc(-c3ccc(F)cc3C)cn2)cc1. The van der Waals surface area contributed by atoms with Gasteiger partial charge in [0, 0.05) is 11.8 Å². The summed E-state index contributed by atoms with van der Waals surface area (Å²) in [6.07, 6.45) is 3.79. The van der Waals surface area contributed by atoms with Gasteiger partial charge in [0.15, 0.2) is 0 Å². The number of aryl methyl sites for hydroxylation is 1. The van der Waals surface area contributed by atoms with Gasteiger partial charge in [0.1, 0.15) is 11.6 Å². The van der Waals surface area contributed by atoms with E-state index in [4.69, 9.17) is 4.74 Å². The third kappa shape index (κ3) is 3.01. The van der Waals surface area contributed by atoms with E-state index in [2.05, 4.69) is 5.10 Å². The van der Waals surface area contributed by atoms with Crippen LogP contribution in [0.25, 0.3) is 11.1 Å². The fourth-order valence-corrected chi connectivity index (χ4v) is 2.46. The number of hydrogen-bond acceptors (Lipinski definition) is 2. The van der Waals surface area contributed by atoms with E-state index in [-0.39, 0.29) is 5.82 Å². The maximum absolute atomic E-state index is 13.2. The third-order valence-corrected chi connectivity index (χ3v) is 3.64. The standard InChI is InChI=1S/C18H17FN2O/c1-13-9-16(19)5-8-18(13)15-10-20-21(12-15)11-14-3-6-17(22-2)7-4-14/h3-10,12H,11H2,1-2H3. The van der Waals surface area contributed by atoms with Crippen molar-refractivity contribution in [2.24, 2.45) is 0 Å². The van der Waals surface area contributed by atoms with Gasteiger partial charge in [-0.05, 0) is 47.9 Å². The molecule has 0 aliphatic heterocycles. The minimum absolute atomic E-state index is 0.216. The number of methoxy groups -OCH3 is 1. The average molecular weight is 296 g/mol. The van der Waals surface area contributed by atoms with Crippen LogP contribution in [0.15, 0.2) is 54.9 Å². The van der Waals surface area contributed by atoms with Crippen LogP contribution >= 0.6 is 0 Å². The molecule has 0 amide bonds. The lowest BCUT2D eigenvalue weighted by Gasteiger charge is -2.04. The molecule has 3 nitrogen and oxygen atoms in total. The Hall–Kier alpha value is -2.62. The highest BCUT2D eigenvalue weighted by molar-refractivity contribution is 5.65. The lowest BCUT2D eigenvalue weighted by atomic mass is 10.0. The van der Waals surface area contributed by atoms with Crippen molar-refractivity contribution in [3.63, 3.8) is 0 Å². The van der Waals surface area contributed by atoms with E-state index in [0.29, 0.717) is 6.54 Å². The second-order valence-electron chi connectivity index (χ2n) is 5.23. The van der Waals surface area contributed by atoms with Crippen LogP contribution in [0, 0.1) is 12.7 Å². The molecule has 0 atom stereocenters. The van der Waals surface area contributed by atoms with Gasteiger partial charge < -0.3 is 4.74 Å². The van der Waals surface area contributed by atoms with Gasteiger partial charge in [0.25, 0.3) is 0 Å². The fraction of sp³-hybridized carbons (Fsp3) is 0.167. The molecular formula is C18H17FN2O. The Morgan fingerprint density at radius 1 is 1.14 bits per heavy atom. The number of ether oxygens (including phenoxy) is 1. The zero-order valence-electron chi connectivity index (χ0n) is 12.6. The summed E-state index contributed by atoms with van der Waals surface area (Å²) in [4.78, 5) is 0. The first-order valence-electron chi connectivity index (χ1n) is 7.07.